The average Bonchev–Trinajstić information content (AvgIpc) is 3.02. The molecule has 0 spiro atoms. The average molecular weight is 435 g/mol. The molecule has 30 heavy (non-hydrogen) atoms. The molecule has 0 bridgehead atoms. The Kier molecular flexibility index (Phi) is 5.91. The minimum Gasteiger partial charge on any atom is -0.413 e. The SMILES string of the molecule is COC1(OC)CCC2=C(CC[C@@H]3[C@@H]2CC[C@]2(C)[C@@H](O[Si](C)(C)C(C)(C)C)CC[C@@H]32)C1. The Morgan fingerprint density at radius 2 is 1.63 bits per heavy atom. The number of rotatable bonds is 4. The summed E-state index contributed by atoms with van der Waals surface area (Å²) in [5.41, 5.74) is 3.85. The maximum atomic E-state index is 7.07. The van der Waals surface area contributed by atoms with E-state index in [1.807, 2.05) is 14.2 Å². The molecule has 0 saturated heterocycles. The van der Waals surface area contributed by atoms with E-state index < -0.39 is 8.32 Å². The summed E-state index contributed by atoms with van der Waals surface area (Å²) in [7, 11) is 1.90. The van der Waals surface area contributed by atoms with E-state index in [1.165, 1.54) is 44.9 Å². The second-order valence-corrected chi connectivity index (χ2v) is 17.3. The minimum absolute atomic E-state index is 0.292. The van der Waals surface area contributed by atoms with E-state index in [9.17, 15) is 0 Å². The van der Waals surface area contributed by atoms with E-state index in [-0.39, 0.29) is 5.79 Å². The van der Waals surface area contributed by atoms with Crippen molar-refractivity contribution in [1.29, 1.82) is 0 Å². The molecular formula is C26H46O3Si. The van der Waals surface area contributed by atoms with Gasteiger partial charge in [0.1, 0.15) is 0 Å². The van der Waals surface area contributed by atoms with Crippen LogP contribution in [0.25, 0.3) is 0 Å². The summed E-state index contributed by atoms with van der Waals surface area (Å²) >= 11 is 0. The normalized spacial score (nSPS) is 38.8. The highest BCUT2D eigenvalue weighted by atomic mass is 28.4. The van der Waals surface area contributed by atoms with Gasteiger partial charge in [0.2, 0.25) is 0 Å². The van der Waals surface area contributed by atoms with E-state index in [1.54, 1.807) is 11.1 Å². The number of ether oxygens (including phenoxy) is 2. The molecule has 0 unspecified atom stereocenters. The van der Waals surface area contributed by atoms with Crippen LogP contribution >= 0.6 is 0 Å². The van der Waals surface area contributed by atoms with Crippen LogP contribution in [0.3, 0.4) is 0 Å². The van der Waals surface area contributed by atoms with Gasteiger partial charge in [-0.05, 0) is 86.2 Å². The molecule has 2 saturated carbocycles. The van der Waals surface area contributed by atoms with Gasteiger partial charge in [0.15, 0.2) is 14.1 Å². The molecule has 0 amide bonds. The van der Waals surface area contributed by atoms with Gasteiger partial charge in [0.05, 0.1) is 6.10 Å². The maximum Gasteiger partial charge on any atom is 0.192 e. The van der Waals surface area contributed by atoms with Crippen molar-refractivity contribution in [2.75, 3.05) is 14.2 Å². The molecule has 0 aliphatic heterocycles. The van der Waals surface area contributed by atoms with Gasteiger partial charge in [-0.3, -0.25) is 0 Å². The lowest BCUT2D eigenvalue weighted by atomic mass is 9.54. The molecule has 4 aliphatic carbocycles. The quantitative estimate of drug-likeness (QED) is 0.269. The molecule has 3 nitrogen and oxygen atoms in total. The zero-order chi connectivity index (χ0) is 21.9. The van der Waals surface area contributed by atoms with Gasteiger partial charge in [-0.1, -0.05) is 38.8 Å². The van der Waals surface area contributed by atoms with Crippen LogP contribution in [0, 0.1) is 23.2 Å². The third kappa shape index (κ3) is 3.58. The first kappa shape index (κ1) is 23.0. The summed E-state index contributed by atoms with van der Waals surface area (Å²) in [6, 6.07) is 0. The van der Waals surface area contributed by atoms with Crippen molar-refractivity contribution in [2.45, 2.75) is 116 Å². The molecule has 4 heteroatoms. The first-order valence-electron chi connectivity index (χ1n) is 12.5. The van der Waals surface area contributed by atoms with E-state index in [0.29, 0.717) is 16.6 Å². The lowest BCUT2D eigenvalue weighted by molar-refractivity contribution is -0.213. The summed E-state index contributed by atoms with van der Waals surface area (Å²) < 4.78 is 18.7. The molecule has 0 N–H and O–H groups in total. The second kappa shape index (κ2) is 7.71. The fourth-order valence-electron chi connectivity index (χ4n) is 7.30. The van der Waals surface area contributed by atoms with Gasteiger partial charge in [-0.2, -0.15) is 0 Å². The molecule has 0 heterocycles. The van der Waals surface area contributed by atoms with Gasteiger partial charge in [-0.15, -0.1) is 0 Å². The monoisotopic (exact) mass is 434 g/mol. The molecule has 2 fully saturated rings. The summed E-state index contributed by atoms with van der Waals surface area (Å²) in [4.78, 5) is 0. The summed E-state index contributed by atoms with van der Waals surface area (Å²) in [6.45, 7) is 14.6. The largest absolute Gasteiger partial charge is 0.413 e. The zero-order valence-corrected chi connectivity index (χ0v) is 21.9. The van der Waals surface area contributed by atoms with Gasteiger partial charge in [0.25, 0.3) is 0 Å². The Labute approximate surface area is 186 Å². The van der Waals surface area contributed by atoms with Crippen LogP contribution in [0.15, 0.2) is 11.1 Å². The van der Waals surface area contributed by atoms with Crippen LogP contribution in [0.1, 0.15) is 85.5 Å². The summed E-state index contributed by atoms with van der Waals surface area (Å²) in [6.07, 6.45) is 11.6. The number of allylic oxidation sites excluding steroid dienone is 1. The lowest BCUT2D eigenvalue weighted by Gasteiger charge is -2.54. The standard InChI is InChI=1S/C26H46O3Si/c1-24(2,3)30(7,8)29-23-12-11-22-21-10-9-18-17-26(27-5,28-6)16-14-19(18)20(21)13-15-25(22,23)4/h20-23H,9-17H2,1-8H3/t20-,21-,22+,23+,25+/m1/s1. The van der Waals surface area contributed by atoms with Crippen LogP contribution in [-0.4, -0.2) is 34.4 Å². The summed E-state index contributed by atoms with van der Waals surface area (Å²) in [5.74, 6) is 2.15. The third-order valence-electron chi connectivity index (χ3n) is 10.3. The first-order chi connectivity index (χ1) is 14.0. The van der Waals surface area contributed by atoms with Crippen LogP contribution < -0.4 is 0 Å². The number of hydrogen-bond donors (Lipinski definition) is 0. The molecule has 4 aliphatic rings. The Bertz CT molecular complexity index is 687. The molecule has 172 valence electrons. The first-order valence-corrected chi connectivity index (χ1v) is 15.4. The smallest absolute Gasteiger partial charge is 0.192 e. The van der Waals surface area contributed by atoms with Crippen molar-refractivity contribution >= 4 is 8.32 Å². The zero-order valence-electron chi connectivity index (χ0n) is 20.9. The van der Waals surface area contributed by atoms with Gasteiger partial charge in [0, 0.05) is 27.1 Å². The fraction of sp³-hybridized carbons (Fsp3) is 0.923. The Morgan fingerprint density at radius 3 is 2.27 bits per heavy atom. The molecule has 0 radical (unpaired) electrons. The highest BCUT2D eigenvalue weighted by molar-refractivity contribution is 6.74. The molecule has 0 aromatic heterocycles. The second-order valence-electron chi connectivity index (χ2n) is 12.5. The molecule has 0 aromatic rings. The summed E-state index contributed by atoms with van der Waals surface area (Å²) in [5, 5.41) is 0.292. The Morgan fingerprint density at radius 1 is 0.933 bits per heavy atom. The van der Waals surface area contributed by atoms with Crippen molar-refractivity contribution in [3.8, 4) is 0 Å². The van der Waals surface area contributed by atoms with Gasteiger partial charge >= 0.3 is 0 Å². The fourth-order valence-corrected chi connectivity index (χ4v) is 8.75. The number of hydrogen-bond acceptors (Lipinski definition) is 3. The van der Waals surface area contributed by atoms with Gasteiger partial charge < -0.3 is 13.9 Å². The lowest BCUT2D eigenvalue weighted by Crippen LogP contribution is -2.51. The highest BCUT2D eigenvalue weighted by Crippen LogP contribution is 2.63. The van der Waals surface area contributed by atoms with Crippen molar-refractivity contribution in [3.63, 3.8) is 0 Å². The van der Waals surface area contributed by atoms with Crippen molar-refractivity contribution in [1.82, 2.24) is 0 Å². The van der Waals surface area contributed by atoms with Crippen LogP contribution in [0.4, 0.5) is 0 Å². The van der Waals surface area contributed by atoms with Crippen molar-refractivity contribution in [2.24, 2.45) is 23.2 Å². The van der Waals surface area contributed by atoms with E-state index >= 15 is 0 Å². The number of methoxy groups -OCH3 is 2. The van der Waals surface area contributed by atoms with E-state index in [0.717, 1.165) is 30.6 Å². The predicted octanol–water partition coefficient (Wildman–Crippen LogP) is 7.08. The molecular weight excluding hydrogens is 388 g/mol. The number of fused-ring (bicyclic) bond motifs is 4. The predicted molar refractivity (Wildman–Crippen MR) is 126 cm³/mol. The topological polar surface area (TPSA) is 27.7 Å². The van der Waals surface area contributed by atoms with Crippen LogP contribution in [-0.2, 0) is 13.9 Å². The van der Waals surface area contributed by atoms with Crippen LogP contribution in [0.2, 0.25) is 18.1 Å². The van der Waals surface area contributed by atoms with E-state index in [2.05, 4.69) is 40.8 Å². The van der Waals surface area contributed by atoms with Gasteiger partial charge in [-0.25, -0.2) is 0 Å². The van der Waals surface area contributed by atoms with Crippen molar-refractivity contribution < 1.29 is 13.9 Å². The van der Waals surface area contributed by atoms with Crippen molar-refractivity contribution in [3.05, 3.63) is 11.1 Å². The highest BCUT2D eigenvalue weighted by Gasteiger charge is 2.57. The molecule has 4 rings (SSSR count). The van der Waals surface area contributed by atoms with Crippen LogP contribution in [0.5, 0.6) is 0 Å². The Hall–Kier alpha value is -0.163. The minimum atomic E-state index is -1.73. The molecule has 0 aromatic carbocycles. The van der Waals surface area contributed by atoms with E-state index in [4.69, 9.17) is 13.9 Å². The Balaban J connectivity index is 1.53. The third-order valence-corrected chi connectivity index (χ3v) is 14.8. The molecule has 5 atom stereocenters. The maximum absolute atomic E-state index is 7.07.